The number of unbranched alkanes of at least 4 members (excludes halogenated alkanes) is 18. The zero-order valence-corrected chi connectivity index (χ0v) is 27.7. The average Bonchev–Trinajstić information content (AvgIpc) is 2.85. The van der Waals surface area contributed by atoms with Crippen LogP contribution in [0.4, 0.5) is 0 Å². The van der Waals surface area contributed by atoms with Crippen LogP contribution in [0.25, 0.3) is 0 Å². The summed E-state index contributed by atoms with van der Waals surface area (Å²) in [6.07, 6.45) is 36.6. The van der Waals surface area contributed by atoms with E-state index >= 15 is 0 Å². The maximum atomic E-state index is 10.3. The summed E-state index contributed by atoms with van der Waals surface area (Å²) in [7, 11) is 0. The number of rotatable bonds is 26. The van der Waals surface area contributed by atoms with Gasteiger partial charge in [0.1, 0.15) is 0 Å². The van der Waals surface area contributed by atoms with Crippen LogP contribution >= 0.6 is 0 Å². The van der Waals surface area contributed by atoms with Crippen molar-refractivity contribution in [3.05, 3.63) is 24.3 Å². The molecule has 0 bridgehead atoms. The van der Waals surface area contributed by atoms with Gasteiger partial charge in [0, 0.05) is 32.3 Å². The van der Waals surface area contributed by atoms with E-state index < -0.39 is 11.9 Å². The Kier molecular flexibility index (Phi) is 40.8. The number of carboxylic acids is 2. The molecular weight excluding hydrogens is 514 g/mol. The van der Waals surface area contributed by atoms with Crippen LogP contribution in [0.15, 0.2) is 24.3 Å². The third-order valence-corrected chi connectivity index (χ3v) is 6.30. The van der Waals surface area contributed by atoms with Gasteiger partial charge in [0.15, 0.2) is 0 Å². The Morgan fingerprint density at radius 1 is 0.432 bits per heavy atom. The van der Waals surface area contributed by atoms with E-state index in [1.807, 2.05) is 0 Å². The molecule has 0 aromatic rings. The third-order valence-electron chi connectivity index (χ3n) is 6.30. The second-order valence-corrected chi connectivity index (χ2v) is 10.0. The molecule has 2 N–H and O–H groups in total. The smallest absolute Gasteiger partial charge is 0.303 e. The molecule has 0 aliphatic rings. The molecule has 0 saturated heterocycles. The summed E-state index contributed by atoms with van der Waals surface area (Å²) in [6, 6.07) is 0. The van der Waals surface area contributed by atoms with Crippen molar-refractivity contribution in [2.45, 2.75) is 168 Å². The Labute approximate surface area is 242 Å². The Morgan fingerprint density at radius 3 is 0.946 bits per heavy atom. The molecule has 0 heterocycles. The minimum Gasteiger partial charge on any atom is -0.481 e. The van der Waals surface area contributed by atoms with Crippen molar-refractivity contribution in [1.82, 2.24) is 0 Å². The maximum Gasteiger partial charge on any atom is 0.303 e. The van der Waals surface area contributed by atoms with Crippen LogP contribution in [-0.4, -0.2) is 22.2 Å². The Bertz CT molecular complexity index is 471. The molecule has 4 nitrogen and oxygen atoms in total. The SMILES string of the molecule is CCCCC=CCCCCCCCCCC(=O)O.CCCCC=CCCCCCCCCCC(=O)O.[Zn]. The zero-order valence-electron chi connectivity index (χ0n) is 24.7. The van der Waals surface area contributed by atoms with Gasteiger partial charge in [-0.05, 0) is 51.4 Å². The van der Waals surface area contributed by atoms with E-state index in [9.17, 15) is 9.59 Å². The van der Waals surface area contributed by atoms with Gasteiger partial charge in [-0.15, -0.1) is 0 Å². The van der Waals surface area contributed by atoms with Gasteiger partial charge in [-0.2, -0.15) is 0 Å². The Morgan fingerprint density at radius 2 is 0.676 bits per heavy atom. The average molecular weight is 574 g/mol. The molecule has 0 aliphatic carbocycles. The van der Waals surface area contributed by atoms with E-state index in [1.165, 1.54) is 116 Å². The topological polar surface area (TPSA) is 74.6 Å². The van der Waals surface area contributed by atoms with Crippen molar-refractivity contribution in [2.75, 3.05) is 0 Å². The quantitative estimate of drug-likeness (QED) is 0.0613. The zero-order chi connectivity index (χ0) is 27.0. The summed E-state index contributed by atoms with van der Waals surface area (Å²) >= 11 is 0. The first-order chi connectivity index (χ1) is 17.5. The van der Waals surface area contributed by atoms with E-state index in [0.29, 0.717) is 12.8 Å². The van der Waals surface area contributed by atoms with Crippen LogP contribution in [0.1, 0.15) is 168 Å². The number of carboxylic acid groups (broad SMARTS) is 2. The molecule has 0 aromatic heterocycles. The first-order valence-electron chi connectivity index (χ1n) is 15.3. The standard InChI is InChI=1S/2C16H30O2.Zn/c2*1-2-3-4-5-6-7-8-9-10-11-12-13-14-15-16(17)18;/h2*5-6H,2-4,7-15H2,1H3,(H,17,18);. The summed E-state index contributed by atoms with van der Waals surface area (Å²) in [5.41, 5.74) is 0. The molecule has 0 spiro atoms. The molecule has 37 heavy (non-hydrogen) atoms. The van der Waals surface area contributed by atoms with Gasteiger partial charge in [-0.1, -0.05) is 128 Å². The van der Waals surface area contributed by atoms with Crippen LogP contribution in [0.3, 0.4) is 0 Å². The summed E-state index contributed by atoms with van der Waals surface area (Å²) < 4.78 is 0. The van der Waals surface area contributed by atoms with E-state index in [2.05, 4.69) is 38.2 Å². The first-order valence-corrected chi connectivity index (χ1v) is 15.3. The Hall–Kier alpha value is -0.957. The second-order valence-electron chi connectivity index (χ2n) is 10.0. The monoisotopic (exact) mass is 572 g/mol. The van der Waals surface area contributed by atoms with Gasteiger partial charge in [0.2, 0.25) is 0 Å². The minimum atomic E-state index is -0.662. The van der Waals surface area contributed by atoms with Crippen molar-refractivity contribution in [3.8, 4) is 0 Å². The normalized spacial score (nSPS) is 10.9. The largest absolute Gasteiger partial charge is 0.481 e. The molecule has 0 atom stereocenters. The van der Waals surface area contributed by atoms with Gasteiger partial charge >= 0.3 is 11.9 Å². The molecule has 0 aliphatic heterocycles. The van der Waals surface area contributed by atoms with E-state index in [-0.39, 0.29) is 19.5 Å². The number of aliphatic carboxylic acids is 2. The second kappa shape index (κ2) is 37.2. The number of hydrogen-bond donors (Lipinski definition) is 2. The van der Waals surface area contributed by atoms with E-state index in [0.717, 1.165) is 25.7 Å². The van der Waals surface area contributed by atoms with Crippen molar-refractivity contribution in [3.63, 3.8) is 0 Å². The van der Waals surface area contributed by atoms with Crippen LogP contribution in [0.5, 0.6) is 0 Å². The van der Waals surface area contributed by atoms with Gasteiger partial charge in [0.05, 0.1) is 0 Å². The molecular formula is C32H60O4Zn. The van der Waals surface area contributed by atoms with Gasteiger partial charge in [0.25, 0.3) is 0 Å². The van der Waals surface area contributed by atoms with E-state index in [1.54, 1.807) is 0 Å². The summed E-state index contributed by atoms with van der Waals surface area (Å²) in [6.45, 7) is 4.45. The fourth-order valence-electron chi connectivity index (χ4n) is 3.96. The van der Waals surface area contributed by atoms with Crippen molar-refractivity contribution >= 4 is 11.9 Å². The van der Waals surface area contributed by atoms with Gasteiger partial charge in [-0.25, -0.2) is 0 Å². The van der Waals surface area contributed by atoms with Crippen LogP contribution in [0, 0.1) is 0 Å². The third kappa shape index (κ3) is 45.4. The minimum absolute atomic E-state index is 0. The predicted molar refractivity (Wildman–Crippen MR) is 156 cm³/mol. The maximum absolute atomic E-state index is 10.3. The van der Waals surface area contributed by atoms with Crippen LogP contribution < -0.4 is 0 Å². The van der Waals surface area contributed by atoms with Crippen LogP contribution in [0.2, 0.25) is 0 Å². The van der Waals surface area contributed by atoms with Gasteiger partial charge in [-0.3, -0.25) is 9.59 Å². The summed E-state index contributed by atoms with van der Waals surface area (Å²) in [5.74, 6) is -1.32. The fraction of sp³-hybridized carbons (Fsp3) is 0.812. The number of allylic oxidation sites excluding steroid dienone is 4. The first kappa shape index (κ1) is 40.5. The van der Waals surface area contributed by atoms with Crippen LogP contribution in [-0.2, 0) is 29.1 Å². The number of carbonyl (C=O) groups is 2. The molecule has 214 valence electrons. The predicted octanol–water partition coefficient (Wildman–Crippen LogP) is 10.7. The molecule has 0 radical (unpaired) electrons. The molecule has 0 fully saturated rings. The van der Waals surface area contributed by atoms with Crippen molar-refractivity contribution in [2.24, 2.45) is 0 Å². The fourth-order valence-corrected chi connectivity index (χ4v) is 3.96. The molecule has 0 aromatic carbocycles. The van der Waals surface area contributed by atoms with E-state index in [4.69, 9.17) is 10.2 Å². The molecule has 5 heteroatoms. The molecule has 0 saturated carbocycles. The van der Waals surface area contributed by atoms with Gasteiger partial charge < -0.3 is 10.2 Å². The molecule has 0 amide bonds. The Balaban J connectivity index is -0.000000608. The summed E-state index contributed by atoms with van der Waals surface area (Å²) in [4.78, 5) is 20.6. The molecule has 0 unspecified atom stereocenters. The summed E-state index contributed by atoms with van der Waals surface area (Å²) in [5, 5.41) is 17.0. The van der Waals surface area contributed by atoms with Crippen molar-refractivity contribution < 1.29 is 39.3 Å². The number of hydrogen-bond acceptors (Lipinski definition) is 2. The van der Waals surface area contributed by atoms with Crippen molar-refractivity contribution in [1.29, 1.82) is 0 Å². The molecule has 0 rings (SSSR count).